The third-order valence-corrected chi connectivity index (χ3v) is 7.80. The summed E-state index contributed by atoms with van der Waals surface area (Å²) in [5.41, 5.74) is 0. The van der Waals surface area contributed by atoms with E-state index >= 15 is 0 Å². The van der Waals surface area contributed by atoms with Crippen LogP contribution in [-0.2, 0) is 26.2 Å². The number of rotatable bonds is 6. The molecule has 1 fully saturated rings. The van der Waals surface area contributed by atoms with Gasteiger partial charge in [0.1, 0.15) is 0 Å². The molecule has 30 heavy (non-hydrogen) atoms. The van der Waals surface area contributed by atoms with E-state index in [0.29, 0.717) is 23.8 Å². The number of piperidine rings is 1. The molecule has 158 valence electrons. The van der Waals surface area contributed by atoms with Gasteiger partial charge in [0.05, 0.1) is 15.7 Å². The molecule has 4 rings (SSSR count). The summed E-state index contributed by atoms with van der Waals surface area (Å²) in [7, 11) is -3.61. The second-order valence-corrected chi connectivity index (χ2v) is 10.0. The van der Waals surface area contributed by atoms with Crippen LogP contribution in [0, 0.1) is 5.92 Å². The van der Waals surface area contributed by atoms with Crippen LogP contribution < -0.4 is 0 Å². The van der Waals surface area contributed by atoms with Crippen LogP contribution in [-0.4, -0.2) is 42.0 Å². The van der Waals surface area contributed by atoms with Crippen molar-refractivity contribution >= 4 is 38.9 Å². The molecule has 0 N–H and O–H groups in total. The van der Waals surface area contributed by atoms with Crippen LogP contribution >= 0.6 is 22.9 Å². The molecule has 0 atom stereocenters. The Bertz CT molecular complexity index is 1110. The number of aromatic nitrogens is 2. The van der Waals surface area contributed by atoms with Gasteiger partial charge >= 0.3 is 5.97 Å². The fourth-order valence-electron chi connectivity index (χ4n) is 3.15. The van der Waals surface area contributed by atoms with Crippen molar-refractivity contribution in [2.45, 2.75) is 24.3 Å². The van der Waals surface area contributed by atoms with Gasteiger partial charge in [-0.15, -0.1) is 21.5 Å². The second kappa shape index (κ2) is 8.84. The van der Waals surface area contributed by atoms with E-state index in [-0.39, 0.29) is 36.4 Å². The quantitative estimate of drug-likeness (QED) is 0.510. The van der Waals surface area contributed by atoms with Gasteiger partial charge in [-0.3, -0.25) is 4.79 Å². The summed E-state index contributed by atoms with van der Waals surface area (Å²) in [6.45, 7) is 0.377. The molecule has 11 heteroatoms. The molecule has 0 bridgehead atoms. The number of halogens is 1. The standard InChI is InChI=1S/C19H18ClN3O5S2/c20-14-3-5-15(6-4-14)30(25,26)23-9-7-13(8-10-23)19(24)27-12-17-21-22-18(28-17)16-2-1-11-29-16/h1-6,11,13H,7-10,12H2. The van der Waals surface area contributed by atoms with Gasteiger partial charge in [0.2, 0.25) is 10.0 Å². The third-order valence-electron chi connectivity index (χ3n) is 4.78. The highest BCUT2D eigenvalue weighted by Crippen LogP contribution is 2.26. The summed E-state index contributed by atoms with van der Waals surface area (Å²) in [6.07, 6.45) is 0.770. The Morgan fingerprint density at radius 3 is 2.60 bits per heavy atom. The first-order chi connectivity index (χ1) is 14.4. The molecular formula is C19H18ClN3O5S2. The lowest BCUT2D eigenvalue weighted by Crippen LogP contribution is -2.40. The number of sulfonamides is 1. The van der Waals surface area contributed by atoms with Gasteiger partial charge in [-0.2, -0.15) is 4.31 Å². The molecule has 0 unspecified atom stereocenters. The summed E-state index contributed by atoms with van der Waals surface area (Å²) >= 11 is 7.30. The molecule has 0 amide bonds. The van der Waals surface area contributed by atoms with Gasteiger partial charge in [-0.25, -0.2) is 8.42 Å². The summed E-state index contributed by atoms with van der Waals surface area (Å²) < 4.78 is 37.6. The Morgan fingerprint density at radius 2 is 1.93 bits per heavy atom. The first kappa shape index (κ1) is 21.0. The number of hydrogen-bond acceptors (Lipinski definition) is 8. The van der Waals surface area contributed by atoms with Crippen LogP contribution in [0.4, 0.5) is 0 Å². The van der Waals surface area contributed by atoms with Gasteiger partial charge < -0.3 is 9.15 Å². The highest BCUT2D eigenvalue weighted by atomic mass is 35.5. The summed E-state index contributed by atoms with van der Waals surface area (Å²) in [6, 6.07) is 9.78. The Labute approximate surface area is 182 Å². The molecule has 0 radical (unpaired) electrons. The van der Waals surface area contributed by atoms with E-state index in [9.17, 15) is 13.2 Å². The van der Waals surface area contributed by atoms with Crippen LogP contribution in [0.3, 0.4) is 0 Å². The Morgan fingerprint density at radius 1 is 1.20 bits per heavy atom. The average Bonchev–Trinajstić information content (AvgIpc) is 3.44. The fraction of sp³-hybridized carbons (Fsp3) is 0.316. The van der Waals surface area contributed by atoms with Crippen LogP contribution in [0.15, 0.2) is 51.1 Å². The minimum atomic E-state index is -3.61. The number of nitrogens with zero attached hydrogens (tertiary/aromatic N) is 3. The van der Waals surface area contributed by atoms with Gasteiger partial charge in [0.15, 0.2) is 6.61 Å². The van der Waals surface area contributed by atoms with E-state index in [1.807, 2.05) is 17.5 Å². The van der Waals surface area contributed by atoms with Crippen molar-refractivity contribution in [3.05, 3.63) is 52.7 Å². The molecule has 1 aromatic carbocycles. The minimum absolute atomic E-state index is 0.111. The van der Waals surface area contributed by atoms with Crippen LogP contribution in [0.1, 0.15) is 18.7 Å². The lowest BCUT2D eigenvalue weighted by molar-refractivity contribution is -0.151. The number of carbonyl (C=O) groups excluding carboxylic acids is 1. The van der Waals surface area contributed by atoms with E-state index in [1.165, 1.54) is 27.8 Å². The van der Waals surface area contributed by atoms with Crippen molar-refractivity contribution in [1.29, 1.82) is 0 Å². The zero-order valence-electron chi connectivity index (χ0n) is 15.7. The summed E-state index contributed by atoms with van der Waals surface area (Å²) in [5.74, 6) is -0.165. The van der Waals surface area contributed by atoms with E-state index in [4.69, 9.17) is 20.8 Å². The first-order valence-corrected chi connectivity index (χ1v) is 11.9. The van der Waals surface area contributed by atoms with E-state index in [1.54, 1.807) is 12.1 Å². The third kappa shape index (κ3) is 4.56. The van der Waals surface area contributed by atoms with Gasteiger partial charge in [0, 0.05) is 18.1 Å². The molecule has 3 aromatic rings. The SMILES string of the molecule is O=C(OCc1nnc(-c2cccs2)o1)C1CCN(S(=O)(=O)c2ccc(Cl)cc2)CC1. The number of thiophene rings is 1. The van der Waals surface area contributed by atoms with Gasteiger partial charge in [0.25, 0.3) is 11.8 Å². The molecule has 0 aliphatic carbocycles. The van der Waals surface area contributed by atoms with E-state index < -0.39 is 16.0 Å². The Balaban J connectivity index is 1.29. The summed E-state index contributed by atoms with van der Waals surface area (Å²) in [5, 5.41) is 10.2. The van der Waals surface area contributed by atoms with Crippen LogP contribution in [0.25, 0.3) is 10.8 Å². The lowest BCUT2D eigenvalue weighted by Gasteiger charge is -2.30. The second-order valence-electron chi connectivity index (χ2n) is 6.72. The van der Waals surface area contributed by atoms with Gasteiger partial charge in [-0.1, -0.05) is 17.7 Å². The smallest absolute Gasteiger partial charge is 0.309 e. The number of hydrogen-bond donors (Lipinski definition) is 0. The topological polar surface area (TPSA) is 103 Å². The molecule has 0 saturated carbocycles. The molecule has 2 aromatic heterocycles. The zero-order valence-corrected chi connectivity index (χ0v) is 18.1. The predicted octanol–water partition coefficient (Wildman–Crippen LogP) is 3.60. The van der Waals surface area contributed by atoms with Crippen LogP contribution in [0.5, 0.6) is 0 Å². The van der Waals surface area contributed by atoms with Crippen molar-refractivity contribution in [3.8, 4) is 10.8 Å². The van der Waals surface area contributed by atoms with Crippen molar-refractivity contribution in [2.24, 2.45) is 5.92 Å². The normalized spacial score (nSPS) is 15.9. The largest absolute Gasteiger partial charge is 0.455 e. The highest BCUT2D eigenvalue weighted by molar-refractivity contribution is 7.89. The molecule has 0 spiro atoms. The number of ether oxygens (including phenoxy) is 1. The fourth-order valence-corrected chi connectivity index (χ4v) is 5.39. The Kier molecular flexibility index (Phi) is 6.19. The molecule has 1 aliphatic rings. The zero-order chi connectivity index (χ0) is 21.1. The number of esters is 1. The van der Waals surface area contributed by atoms with E-state index in [2.05, 4.69) is 10.2 Å². The van der Waals surface area contributed by atoms with Crippen molar-refractivity contribution in [2.75, 3.05) is 13.1 Å². The molecule has 8 nitrogen and oxygen atoms in total. The monoisotopic (exact) mass is 467 g/mol. The molecule has 1 saturated heterocycles. The highest BCUT2D eigenvalue weighted by Gasteiger charge is 2.33. The van der Waals surface area contributed by atoms with E-state index in [0.717, 1.165) is 4.88 Å². The van der Waals surface area contributed by atoms with Crippen molar-refractivity contribution < 1.29 is 22.4 Å². The molecule has 3 heterocycles. The summed E-state index contributed by atoms with van der Waals surface area (Å²) in [4.78, 5) is 13.4. The maximum absolute atomic E-state index is 12.7. The van der Waals surface area contributed by atoms with Crippen molar-refractivity contribution in [1.82, 2.24) is 14.5 Å². The van der Waals surface area contributed by atoms with Crippen molar-refractivity contribution in [3.63, 3.8) is 0 Å². The first-order valence-electron chi connectivity index (χ1n) is 9.22. The lowest BCUT2D eigenvalue weighted by atomic mass is 9.98. The number of carbonyl (C=O) groups is 1. The molecule has 1 aliphatic heterocycles. The molecular weight excluding hydrogens is 450 g/mol. The average molecular weight is 468 g/mol. The maximum Gasteiger partial charge on any atom is 0.309 e. The van der Waals surface area contributed by atoms with Gasteiger partial charge in [-0.05, 0) is 48.6 Å². The predicted molar refractivity (Wildman–Crippen MR) is 110 cm³/mol. The Hall–Kier alpha value is -2.27. The minimum Gasteiger partial charge on any atom is -0.455 e. The number of benzene rings is 1. The maximum atomic E-state index is 12.7. The van der Waals surface area contributed by atoms with Crippen LogP contribution in [0.2, 0.25) is 5.02 Å².